The smallest absolute Gasteiger partial charge is 0.0855 e. The summed E-state index contributed by atoms with van der Waals surface area (Å²) in [5, 5.41) is 3.56. The van der Waals surface area contributed by atoms with Gasteiger partial charge >= 0.3 is 0 Å². The van der Waals surface area contributed by atoms with E-state index in [1.165, 1.54) is 0 Å². The van der Waals surface area contributed by atoms with Gasteiger partial charge in [0.1, 0.15) is 0 Å². The molecule has 4 nitrogen and oxygen atoms in total. The maximum Gasteiger partial charge on any atom is 0.0855 e. The van der Waals surface area contributed by atoms with Gasteiger partial charge in [0, 0.05) is 38.9 Å². The molecule has 1 N–H and O–H groups in total. The Morgan fingerprint density at radius 2 is 2.22 bits per heavy atom. The van der Waals surface area contributed by atoms with E-state index >= 15 is 0 Å². The molecule has 0 bridgehead atoms. The van der Waals surface area contributed by atoms with Crippen molar-refractivity contribution in [1.29, 1.82) is 0 Å². The van der Waals surface area contributed by atoms with Crippen LogP contribution in [0.25, 0.3) is 0 Å². The molecule has 2 unspecified atom stereocenters. The van der Waals surface area contributed by atoms with E-state index in [4.69, 9.17) is 9.47 Å². The number of likely N-dealkylation sites (N-methyl/N-ethyl adjacent to an activating group) is 1. The summed E-state index contributed by atoms with van der Waals surface area (Å²) in [6.45, 7) is 11.5. The molecule has 0 radical (unpaired) electrons. The monoisotopic (exact) mass is 258 g/mol. The van der Waals surface area contributed by atoms with Crippen molar-refractivity contribution in [1.82, 2.24) is 10.2 Å². The lowest BCUT2D eigenvalue weighted by Gasteiger charge is -2.39. The molecular weight excluding hydrogens is 228 g/mol. The Morgan fingerprint density at radius 3 is 2.83 bits per heavy atom. The van der Waals surface area contributed by atoms with Crippen molar-refractivity contribution in [3.8, 4) is 0 Å². The zero-order chi connectivity index (χ0) is 13.4. The van der Waals surface area contributed by atoms with Gasteiger partial charge in [-0.05, 0) is 33.2 Å². The van der Waals surface area contributed by atoms with Crippen LogP contribution in [0.2, 0.25) is 0 Å². The van der Waals surface area contributed by atoms with E-state index < -0.39 is 0 Å². The minimum atomic E-state index is 0.318. The number of nitrogens with zero attached hydrogens (tertiary/aromatic N) is 1. The highest BCUT2D eigenvalue weighted by Gasteiger charge is 2.28. The summed E-state index contributed by atoms with van der Waals surface area (Å²) in [6, 6.07) is 1.06. The van der Waals surface area contributed by atoms with Crippen LogP contribution in [0.1, 0.15) is 33.6 Å². The summed E-state index contributed by atoms with van der Waals surface area (Å²) in [4.78, 5) is 2.51. The molecule has 1 fully saturated rings. The fraction of sp³-hybridized carbons (Fsp3) is 1.00. The van der Waals surface area contributed by atoms with E-state index in [-0.39, 0.29) is 0 Å². The zero-order valence-corrected chi connectivity index (χ0v) is 12.4. The van der Waals surface area contributed by atoms with Crippen LogP contribution in [0.4, 0.5) is 0 Å². The quantitative estimate of drug-likeness (QED) is 0.669. The molecule has 0 aromatic heterocycles. The molecule has 1 rings (SSSR count). The van der Waals surface area contributed by atoms with Crippen LogP contribution in [0, 0.1) is 0 Å². The van der Waals surface area contributed by atoms with E-state index in [0.717, 1.165) is 45.7 Å². The molecule has 18 heavy (non-hydrogen) atoms. The Labute approximate surface area is 112 Å². The second-order valence-electron chi connectivity index (χ2n) is 5.30. The number of rotatable bonds is 8. The topological polar surface area (TPSA) is 33.7 Å². The minimum Gasteiger partial charge on any atom is -0.385 e. The van der Waals surface area contributed by atoms with Crippen molar-refractivity contribution in [2.75, 3.05) is 40.0 Å². The van der Waals surface area contributed by atoms with Crippen molar-refractivity contribution in [2.24, 2.45) is 0 Å². The average Bonchev–Trinajstić information content (AvgIpc) is 2.38. The summed E-state index contributed by atoms with van der Waals surface area (Å²) in [5.74, 6) is 0. The summed E-state index contributed by atoms with van der Waals surface area (Å²) >= 11 is 0. The summed E-state index contributed by atoms with van der Waals surface area (Å²) in [5.41, 5.74) is 0. The number of hydrogen-bond acceptors (Lipinski definition) is 4. The molecule has 0 amide bonds. The van der Waals surface area contributed by atoms with Gasteiger partial charge in [-0.15, -0.1) is 0 Å². The van der Waals surface area contributed by atoms with E-state index in [0.29, 0.717) is 18.2 Å². The third-order valence-corrected chi connectivity index (χ3v) is 3.63. The fourth-order valence-corrected chi connectivity index (χ4v) is 2.54. The lowest BCUT2D eigenvalue weighted by Crippen LogP contribution is -2.53. The summed E-state index contributed by atoms with van der Waals surface area (Å²) in [7, 11) is 1.76. The van der Waals surface area contributed by atoms with Crippen LogP contribution < -0.4 is 5.32 Å². The van der Waals surface area contributed by atoms with Crippen LogP contribution in [-0.4, -0.2) is 63.0 Å². The predicted octanol–water partition coefficient (Wildman–Crippen LogP) is 1.50. The molecule has 2 atom stereocenters. The second kappa shape index (κ2) is 8.86. The Kier molecular flexibility index (Phi) is 7.82. The van der Waals surface area contributed by atoms with Crippen molar-refractivity contribution in [2.45, 2.75) is 51.8 Å². The van der Waals surface area contributed by atoms with Crippen molar-refractivity contribution in [3.05, 3.63) is 0 Å². The second-order valence-corrected chi connectivity index (χ2v) is 5.30. The van der Waals surface area contributed by atoms with E-state index in [1.54, 1.807) is 7.11 Å². The molecule has 1 heterocycles. The van der Waals surface area contributed by atoms with Gasteiger partial charge in [-0.25, -0.2) is 0 Å². The first-order valence-corrected chi connectivity index (χ1v) is 7.27. The largest absolute Gasteiger partial charge is 0.385 e. The molecule has 0 aromatic rings. The van der Waals surface area contributed by atoms with Gasteiger partial charge < -0.3 is 14.8 Å². The van der Waals surface area contributed by atoms with E-state index in [1.807, 2.05) is 0 Å². The summed E-state index contributed by atoms with van der Waals surface area (Å²) < 4.78 is 11.1. The predicted molar refractivity (Wildman–Crippen MR) is 75.0 cm³/mol. The first kappa shape index (κ1) is 15.9. The van der Waals surface area contributed by atoms with Crippen LogP contribution in [-0.2, 0) is 9.47 Å². The zero-order valence-electron chi connectivity index (χ0n) is 12.4. The number of ether oxygens (including phenoxy) is 2. The van der Waals surface area contributed by atoms with Crippen LogP contribution in [0.5, 0.6) is 0 Å². The number of morpholine rings is 1. The molecule has 1 aliphatic heterocycles. The fourth-order valence-electron chi connectivity index (χ4n) is 2.54. The van der Waals surface area contributed by atoms with Crippen molar-refractivity contribution in [3.63, 3.8) is 0 Å². The van der Waals surface area contributed by atoms with Crippen LogP contribution in [0.3, 0.4) is 0 Å². The highest BCUT2D eigenvalue weighted by atomic mass is 16.5. The highest BCUT2D eigenvalue weighted by Crippen LogP contribution is 2.15. The summed E-state index contributed by atoms with van der Waals surface area (Å²) in [6.07, 6.45) is 2.53. The van der Waals surface area contributed by atoms with Crippen molar-refractivity contribution < 1.29 is 9.47 Å². The third kappa shape index (κ3) is 5.22. The van der Waals surface area contributed by atoms with Gasteiger partial charge in [0.25, 0.3) is 0 Å². The SMILES string of the molecule is CCNC(CCCOC)C1CN(C(C)C)CCO1. The molecule has 4 heteroatoms. The van der Waals surface area contributed by atoms with Gasteiger partial charge in [0.05, 0.1) is 12.7 Å². The minimum absolute atomic E-state index is 0.318. The van der Waals surface area contributed by atoms with Gasteiger partial charge in [0.2, 0.25) is 0 Å². The Hall–Kier alpha value is -0.160. The lowest BCUT2D eigenvalue weighted by atomic mass is 10.0. The molecule has 0 saturated carbocycles. The van der Waals surface area contributed by atoms with Crippen LogP contribution >= 0.6 is 0 Å². The number of hydrogen-bond donors (Lipinski definition) is 1. The molecular formula is C14H30N2O2. The molecule has 0 aliphatic carbocycles. The Morgan fingerprint density at radius 1 is 1.44 bits per heavy atom. The molecule has 1 saturated heterocycles. The first-order valence-electron chi connectivity index (χ1n) is 7.27. The van der Waals surface area contributed by atoms with Gasteiger partial charge in [-0.1, -0.05) is 6.92 Å². The molecule has 0 spiro atoms. The Balaban J connectivity index is 2.44. The van der Waals surface area contributed by atoms with Crippen molar-refractivity contribution >= 4 is 0 Å². The number of methoxy groups -OCH3 is 1. The highest BCUT2D eigenvalue weighted by molar-refractivity contribution is 4.83. The molecule has 1 aliphatic rings. The first-order chi connectivity index (χ1) is 8.69. The standard InChI is InChI=1S/C14H30N2O2/c1-5-15-13(7-6-9-17-4)14-11-16(12(2)3)8-10-18-14/h12-15H,5-11H2,1-4H3. The maximum atomic E-state index is 5.96. The molecule has 108 valence electrons. The third-order valence-electron chi connectivity index (χ3n) is 3.63. The van der Waals surface area contributed by atoms with E-state index in [2.05, 4.69) is 31.0 Å². The lowest BCUT2D eigenvalue weighted by molar-refractivity contribution is -0.0571. The number of nitrogens with one attached hydrogen (secondary N) is 1. The van der Waals surface area contributed by atoms with E-state index in [9.17, 15) is 0 Å². The molecule has 0 aromatic carbocycles. The normalized spacial score (nSPS) is 23.5. The van der Waals surface area contributed by atoms with Gasteiger partial charge in [0.15, 0.2) is 0 Å². The Bertz CT molecular complexity index is 212. The maximum absolute atomic E-state index is 5.96. The van der Waals surface area contributed by atoms with Gasteiger partial charge in [-0.3, -0.25) is 4.90 Å². The van der Waals surface area contributed by atoms with Gasteiger partial charge in [-0.2, -0.15) is 0 Å². The average molecular weight is 258 g/mol. The van der Waals surface area contributed by atoms with Crippen LogP contribution in [0.15, 0.2) is 0 Å².